The molecule has 1 atom stereocenters. The molecule has 0 saturated heterocycles. The molecular formula is C14H21N3S2. The number of likely N-dealkylation sites (N-methyl/N-ethyl adjacent to an activating group) is 1. The van der Waals surface area contributed by atoms with Gasteiger partial charge in [0.15, 0.2) is 4.96 Å². The summed E-state index contributed by atoms with van der Waals surface area (Å²) in [6.45, 7) is 0. The molecule has 1 unspecified atom stereocenters. The summed E-state index contributed by atoms with van der Waals surface area (Å²) in [5.74, 6) is 1.20. The van der Waals surface area contributed by atoms with Crippen LogP contribution in [0.15, 0.2) is 17.8 Å². The minimum Gasteiger partial charge on any atom is -0.316 e. The number of hydrogen-bond acceptors (Lipinski definition) is 4. The van der Waals surface area contributed by atoms with Crippen LogP contribution in [-0.4, -0.2) is 33.5 Å². The number of imidazole rings is 1. The highest BCUT2D eigenvalue weighted by atomic mass is 32.2. The van der Waals surface area contributed by atoms with Crippen LogP contribution in [0.4, 0.5) is 0 Å². The molecule has 3 rings (SSSR count). The van der Waals surface area contributed by atoms with Crippen LogP contribution in [0.3, 0.4) is 0 Å². The van der Waals surface area contributed by atoms with E-state index in [0.717, 1.165) is 16.6 Å². The Labute approximate surface area is 122 Å². The van der Waals surface area contributed by atoms with Crippen LogP contribution in [0.5, 0.6) is 0 Å². The highest BCUT2D eigenvalue weighted by Crippen LogP contribution is 2.30. The highest BCUT2D eigenvalue weighted by molar-refractivity contribution is 7.99. The van der Waals surface area contributed by atoms with Gasteiger partial charge >= 0.3 is 0 Å². The third-order valence-electron chi connectivity index (χ3n) is 3.84. The van der Waals surface area contributed by atoms with Crippen molar-refractivity contribution in [2.75, 3.05) is 12.8 Å². The van der Waals surface area contributed by atoms with Crippen LogP contribution >= 0.6 is 23.1 Å². The van der Waals surface area contributed by atoms with Gasteiger partial charge in [0, 0.05) is 41.2 Å². The van der Waals surface area contributed by atoms with Gasteiger partial charge in [0.2, 0.25) is 0 Å². The average Bonchev–Trinajstić information content (AvgIpc) is 3.10. The molecule has 0 amide bonds. The maximum atomic E-state index is 4.67. The van der Waals surface area contributed by atoms with Crippen molar-refractivity contribution in [1.29, 1.82) is 0 Å². The Morgan fingerprint density at radius 2 is 2.37 bits per heavy atom. The van der Waals surface area contributed by atoms with Gasteiger partial charge in [0.05, 0.1) is 5.69 Å². The maximum absolute atomic E-state index is 4.67. The maximum Gasteiger partial charge on any atom is 0.193 e. The number of thiazole rings is 1. The summed E-state index contributed by atoms with van der Waals surface area (Å²) in [5.41, 5.74) is 1.21. The zero-order valence-corrected chi connectivity index (χ0v) is 13.0. The summed E-state index contributed by atoms with van der Waals surface area (Å²) in [6.07, 6.45) is 11.0. The van der Waals surface area contributed by atoms with E-state index in [4.69, 9.17) is 0 Å². The molecule has 1 saturated carbocycles. The predicted molar refractivity (Wildman–Crippen MR) is 84.3 cm³/mol. The SMILES string of the molecule is CNC(CSC1CCCC1)Cc1cn2ccsc2n1. The first-order valence-corrected chi connectivity index (χ1v) is 8.98. The van der Waals surface area contributed by atoms with E-state index in [0.29, 0.717) is 6.04 Å². The van der Waals surface area contributed by atoms with Crippen molar-refractivity contribution in [3.8, 4) is 0 Å². The number of aromatic nitrogens is 2. The standard InChI is InChI=1S/C14H21N3S2/c1-15-12(10-19-13-4-2-3-5-13)8-11-9-17-6-7-18-14(17)16-11/h6-7,9,12-13,15H,2-5,8,10H2,1H3. The molecular weight excluding hydrogens is 274 g/mol. The molecule has 104 valence electrons. The first kappa shape index (κ1) is 13.5. The Morgan fingerprint density at radius 3 is 3.11 bits per heavy atom. The molecule has 2 aromatic rings. The van der Waals surface area contributed by atoms with E-state index in [-0.39, 0.29) is 0 Å². The molecule has 19 heavy (non-hydrogen) atoms. The summed E-state index contributed by atoms with van der Waals surface area (Å²) in [7, 11) is 2.07. The van der Waals surface area contributed by atoms with E-state index < -0.39 is 0 Å². The molecule has 0 aromatic carbocycles. The van der Waals surface area contributed by atoms with Crippen molar-refractivity contribution in [2.45, 2.75) is 43.4 Å². The lowest BCUT2D eigenvalue weighted by Gasteiger charge is -2.17. The lowest BCUT2D eigenvalue weighted by molar-refractivity contribution is 0.609. The monoisotopic (exact) mass is 295 g/mol. The van der Waals surface area contributed by atoms with Crippen molar-refractivity contribution in [1.82, 2.24) is 14.7 Å². The Hall–Kier alpha value is -0.520. The summed E-state index contributed by atoms with van der Waals surface area (Å²) in [6, 6.07) is 0.537. The second-order valence-corrected chi connectivity index (χ2v) is 7.46. The predicted octanol–water partition coefficient (Wildman–Crippen LogP) is 3.20. The molecule has 0 aliphatic heterocycles. The Balaban J connectivity index is 1.54. The van der Waals surface area contributed by atoms with Gasteiger partial charge < -0.3 is 5.32 Å². The van der Waals surface area contributed by atoms with Gasteiger partial charge in [-0.2, -0.15) is 11.8 Å². The zero-order chi connectivity index (χ0) is 13.1. The molecule has 2 aromatic heterocycles. The number of hydrogen-bond donors (Lipinski definition) is 1. The summed E-state index contributed by atoms with van der Waals surface area (Å²) < 4.78 is 2.12. The number of nitrogens with zero attached hydrogens (tertiary/aromatic N) is 2. The molecule has 1 fully saturated rings. The van der Waals surface area contributed by atoms with E-state index in [1.165, 1.54) is 37.1 Å². The van der Waals surface area contributed by atoms with Crippen LogP contribution in [0, 0.1) is 0 Å². The quantitative estimate of drug-likeness (QED) is 0.887. The van der Waals surface area contributed by atoms with E-state index >= 15 is 0 Å². The third kappa shape index (κ3) is 3.33. The molecule has 1 N–H and O–H groups in total. The molecule has 3 nitrogen and oxygen atoms in total. The Kier molecular flexibility index (Phi) is 4.45. The van der Waals surface area contributed by atoms with Crippen LogP contribution < -0.4 is 5.32 Å². The number of thioether (sulfide) groups is 1. The fourth-order valence-corrected chi connectivity index (χ4v) is 4.85. The minimum absolute atomic E-state index is 0.537. The molecule has 0 spiro atoms. The third-order valence-corrected chi connectivity index (χ3v) is 6.15. The second-order valence-electron chi connectivity index (χ2n) is 5.25. The van der Waals surface area contributed by atoms with Crippen LogP contribution in [-0.2, 0) is 6.42 Å². The van der Waals surface area contributed by atoms with Crippen molar-refractivity contribution in [3.05, 3.63) is 23.5 Å². The van der Waals surface area contributed by atoms with Gasteiger partial charge in [-0.05, 0) is 19.9 Å². The van der Waals surface area contributed by atoms with E-state index in [9.17, 15) is 0 Å². The normalized spacial score (nSPS) is 18.4. The van der Waals surface area contributed by atoms with Gasteiger partial charge in [-0.3, -0.25) is 4.40 Å². The smallest absolute Gasteiger partial charge is 0.193 e. The topological polar surface area (TPSA) is 29.3 Å². The van der Waals surface area contributed by atoms with Gasteiger partial charge in [-0.15, -0.1) is 11.3 Å². The van der Waals surface area contributed by atoms with Gasteiger partial charge in [0.1, 0.15) is 0 Å². The first-order valence-electron chi connectivity index (χ1n) is 7.05. The zero-order valence-electron chi connectivity index (χ0n) is 11.3. The second kappa shape index (κ2) is 6.29. The lowest BCUT2D eigenvalue weighted by atomic mass is 10.2. The first-order chi connectivity index (χ1) is 9.35. The Morgan fingerprint density at radius 1 is 1.53 bits per heavy atom. The number of nitrogens with one attached hydrogen (secondary N) is 1. The van der Waals surface area contributed by atoms with Gasteiger partial charge in [-0.25, -0.2) is 4.98 Å². The summed E-state index contributed by atoms with van der Waals surface area (Å²) in [5, 5.41) is 6.43. The van der Waals surface area contributed by atoms with Crippen molar-refractivity contribution >= 4 is 28.1 Å². The van der Waals surface area contributed by atoms with Gasteiger partial charge in [0.25, 0.3) is 0 Å². The molecule has 5 heteroatoms. The van der Waals surface area contributed by atoms with E-state index in [2.05, 4.69) is 51.3 Å². The average molecular weight is 295 g/mol. The van der Waals surface area contributed by atoms with Crippen LogP contribution in [0.1, 0.15) is 31.4 Å². The fourth-order valence-electron chi connectivity index (χ4n) is 2.68. The molecule has 1 aliphatic rings. The highest BCUT2D eigenvalue weighted by Gasteiger charge is 2.18. The lowest BCUT2D eigenvalue weighted by Crippen LogP contribution is -2.30. The number of rotatable bonds is 6. The molecule has 2 heterocycles. The van der Waals surface area contributed by atoms with Crippen molar-refractivity contribution in [2.24, 2.45) is 0 Å². The Bertz CT molecular complexity index is 485. The van der Waals surface area contributed by atoms with E-state index in [1.54, 1.807) is 11.3 Å². The van der Waals surface area contributed by atoms with Crippen LogP contribution in [0.25, 0.3) is 4.96 Å². The van der Waals surface area contributed by atoms with Crippen molar-refractivity contribution in [3.63, 3.8) is 0 Å². The molecule has 1 aliphatic carbocycles. The molecule has 0 bridgehead atoms. The van der Waals surface area contributed by atoms with Crippen LogP contribution in [0.2, 0.25) is 0 Å². The summed E-state index contributed by atoms with van der Waals surface area (Å²) >= 11 is 3.85. The van der Waals surface area contributed by atoms with Crippen molar-refractivity contribution < 1.29 is 0 Å². The molecule has 0 radical (unpaired) electrons. The fraction of sp³-hybridized carbons (Fsp3) is 0.643. The summed E-state index contributed by atoms with van der Waals surface area (Å²) in [4.78, 5) is 5.78. The largest absolute Gasteiger partial charge is 0.316 e. The van der Waals surface area contributed by atoms with E-state index in [1.807, 2.05) is 0 Å². The number of fused-ring (bicyclic) bond motifs is 1. The van der Waals surface area contributed by atoms with Gasteiger partial charge in [-0.1, -0.05) is 12.8 Å². The minimum atomic E-state index is 0.537.